The van der Waals surface area contributed by atoms with Gasteiger partial charge in [-0.2, -0.15) is 0 Å². The third-order valence-electron chi connectivity index (χ3n) is 1.50. The van der Waals surface area contributed by atoms with Crippen LogP contribution in [-0.2, 0) is 11.2 Å². The van der Waals surface area contributed by atoms with E-state index in [9.17, 15) is 4.79 Å². The van der Waals surface area contributed by atoms with Crippen LogP contribution in [0.25, 0.3) is 0 Å². The normalized spacial score (nSPS) is 12.8. The maximum Gasteiger partial charge on any atom is 0.240 e. The van der Waals surface area contributed by atoms with Gasteiger partial charge in [-0.15, -0.1) is 11.3 Å². The number of hydrogen-bond donors (Lipinski definition) is 2. The zero-order valence-corrected chi connectivity index (χ0v) is 7.60. The maximum absolute atomic E-state index is 10.7. The topological polar surface area (TPSA) is 82.0 Å². The first kappa shape index (κ1) is 9.15. The summed E-state index contributed by atoms with van der Waals surface area (Å²) in [5.74, 6) is -0.539. The van der Waals surface area contributed by atoms with Gasteiger partial charge in [0.15, 0.2) is 0 Å². The largest absolute Gasteiger partial charge is 0.368 e. The van der Waals surface area contributed by atoms with Crippen LogP contribution in [-0.4, -0.2) is 10.9 Å². The number of nitrogens with two attached hydrogens (primary N) is 2. The molecule has 12 heavy (non-hydrogen) atoms. The van der Waals surface area contributed by atoms with Crippen molar-refractivity contribution < 1.29 is 4.79 Å². The maximum atomic E-state index is 10.7. The number of nitrogens with zero attached hydrogens (tertiary/aromatic N) is 1. The van der Waals surface area contributed by atoms with E-state index in [1.54, 1.807) is 5.38 Å². The summed E-state index contributed by atoms with van der Waals surface area (Å²) >= 11 is 1.50. The van der Waals surface area contributed by atoms with Crippen molar-refractivity contribution in [2.45, 2.75) is 19.4 Å². The summed E-state index contributed by atoms with van der Waals surface area (Å²) in [5.41, 5.74) is 11.1. The molecular formula is C7H11N3OS. The highest BCUT2D eigenvalue weighted by Crippen LogP contribution is 2.14. The van der Waals surface area contributed by atoms with E-state index in [-0.39, 0.29) is 0 Å². The lowest BCUT2D eigenvalue weighted by Gasteiger charge is -2.01. The highest BCUT2D eigenvalue weighted by atomic mass is 32.1. The SMILES string of the molecule is CCc1nc(C(N)C(N)=O)cs1. The van der Waals surface area contributed by atoms with E-state index < -0.39 is 11.9 Å². The van der Waals surface area contributed by atoms with Crippen LogP contribution >= 0.6 is 11.3 Å². The summed E-state index contributed by atoms with van der Waals surface area (Å²) in [6.45, 7) is 2.00. The second-order valence-corrected chi connectivity index (χ2v) is 3.34. The number of thiazole rings is 1. The van der Waals surface area contributed by atoms with Crippen LogP contribution in [0.5, 0.6) is 0 Å². The second-order valence-electron chi connectivity index (χ2n) is 2.40. The Morgan fingerprint density at radius 2 is 2.50 bits per heavy atom. The van der Waals surface area contributed by atoms with Crippen LogP contribution in [0.4, 0.5) is 0 Å². The lowest BCUT2D eigenvalue weighted by Crippen LogP contribution is -2.28. The third-order valence-corrected chi connectivity index (χ3v) is 2.51. The van der Waals surface area contributed by atoms with Crippen molar-refractivity contribution in [3.05, 3.63) is 16.1 Å². The molecule has 4 N–H and O–H groups in total. The molecule has 0 radical (unpaired) electrons. The highest BCUT2D eigenvalue weighted by molar-refractivity contribution is 7.09. The number of amides is 1. The van der Waals surface area contributed by atoms with Gasteiger partial charge in [-0.3, -0.25) is 4.79 Å². The number of rotatable bonds is 3. The fourth-order valence-corrected chi connectivity index (χ4v) is 1.56. The molecule has 1 aromatic heterocycles. The zero-order chi connectivity index (χ0) is 9.14. The molecule has 1 rings (SSSR count). The summed E-state index contributed by atoms with van der Waals surface area (Å²) in [6.07, 6.45) is 0.857. The molecule has 0 aliphatic rings. The molecule has 1 aromatic rings. The first-order chi connectivity index (χ1) is 5.65. The molecule has 0 bridgehead atoms. The minimum absolute atomic E-state index is 0.539. The predicted octanol–water partition coefficient (Wildman–Crippen LogP) is 0.191. The van der Waals surface area contributed by atoms with Gasteiger partial charge < -0.3 is 11.5 Å². The number of hydrogen-bond acceptors (Lipinski definition) is 4. The van der Waals surface area contributed by atoms with E-state index >= 15 is 0 Å². The third kappa shape index (κ3) is 1.80. The molecule has 0 fully saturated rings. The molecule has 1 atom stereocenters. The van der Waals surface area contributed by atoms with E-state index in [2.05, 4.69) is 4.98 Å². The Labute approximate surface area is 74.6 Å². The Morgan fingerprint density at radius 3 is 2.92 bits per heavy atom. The van der Waals surface area contributed by atoms with Crippen LogP contribution in [0.15, 0.2) is 5.38 Å². The molecule has 0 aliphatic heterocycles. The minimum atomic E-state index is -0.762. The van der Waals surface area contributed by atoms with Crippen LogP contribution in [0, 0.1) is 0 Å². The number of aryl methyl sites for hydroxylation is 1. The van der Waals surface area contributed by atoms with Gasteiger partial charge in [-0.05, 0) is 6.42 Å². The summed E-state index contributed by atoms with van der Waals surface area (Å²) in [5, 5.41) is 2.75. The van der Waals surface area contributed by atoms with E-state index in [0.717, 1.165) is 11.4 Å². The van der Waals surface area contributed by atoms with Crippen LogP contribution in [0.2, 0.25) is 0 Å². The Bertz CT molecular complexity index is 284. The van der Waals surface area contributed by atoms with Crippen molar-refractivity contribution in [2.24, 2.45) is 11.5 Å². The highest BCUT2D eigenvalue weighted by Gasteiger charge is 2.14. The van der Waals surface area contributed by atoms with Crippen molar-refractivity contribution in [1.29, 1.82) is 0 Å². The smallest absolute Gasteiger partial charge is 0.240 e. The average Bonchev–Trinajstić information content (AvgIpc) is 2.50. The quantitative estimate of drug-likeness (QED) is 0.705. The zero-order valence-electron chi connectivity index (χ0n) is 6.78. The molecule has 0 aliphatic carbocycles. The number of carbonyl (C=O) groups excluding carboxylic acids is 1. The minimum Gasteiger partial charge on any atom is -0.368 e. The predicted molar refractivity (Wildman–Crippen MR) is 47.6 cm³/mol. The molecule has 4 nitrogen and oxygen atoms in total. The fraction of sp³-hybridized carbons (Fsp3) is 0.429. The molecule has 0 spiro atoms. The molecule has 1 heterocycles. The van der Waals surface area contributed by atoms with Gasteiger partial charge in [-0.1, -0.05) is 6.92 Å². The Hall–Kier alpha value is -0.940. The first-order valence-electron chi connectivity index (χ1n) is 3.64. The van der Waals surface area contributed by atoms with Crippen LogP contribution in [0.1, 0.15) is 23.7 Å². The Morgan fingerprint density at radius 1 is 1.83 bits per heavy atom. The lowest BCUT2D eigenvalue weighted by atomic mass is 10.2. The summed E-state index contributed by atoms with van der Waals surface area (Å²) < 4.78 is 0. The van der Waals surface area contributed by atoms with Crippen LogP contribution in [0.3, 0.4) is 0 Å². The molecular weight excluding hydrogens is 174 g/mol. The fourth-order valence-electron chi connectivity index (χ4n) is 0.776. The van der Waals surface area contributed by atoms with E-state index in [1.807, 2.05) is 6.92 Å². The van der Waals surface area contributed by atoms with Crippen molar-refractivity contribution >= 4 is 17.2 Å². The van der Waals surface area contributed by atoms with Gasteiger partial charge in [0, 0.05) is 5.38 Å². The van der Waals surface area contributed by atoms with Gasteiger partial charge in [-0.25, -0.2) is 4.98 Å². The molecule has 1 amide bonds. The van der Waals surface area contributed by atoms with Gasteiger partial charge in [0.05, 0.1) is 10.7 Å². The average molecular weight is 185 g/mol. The molecule has 5 heteroatoms. The van der Waals surface area contributed by atoms with Crippen molar-refractivity contribution in [3.63, 3.8) is 0 Å². The summed E-state index contributed by atoms with van der Waals surface area (Å²) in [6, 6.07) is -0.762. The lowest BCUT2D eigenvalue weighted by molar-refractivity contribution is -0.119. The van der Waals surface area contributed by atoms with E-state index in [4.69, 9.17) is 11.5 Å². The van der Waals surface area contributed by atoms with Crippen molar-refractivity contribution in [2.75, 3.05) is 0 Å². The van der Waals surface area contributed by atoms with Crippen molar-refractivity contribution in [1.82, 2.24) is 4.98 Å². The summed E-state index contributed by atoms with van der Waals surface area (Å²) in [4.78, 5) is 14.8. The molecule has 66 valence electrons. The monoisotopic (exact) mass is 185 g/mol. The molecule has 0 aromatic carbocycles. The van der Waals surface area contributed by atoms with Gasteiger partial charge in [0.2, 0.25) is 5.91 Å². The number of primary amides is 1. The van der Waals surface area contributed by atoms with Crippen LogP contribution < -0.4 is 11.5 Å². The second kappa shape index (κ2) is 3.64. The first-order valence-corrected chi connectivity index (χ1v) is 4.52. The van der Waals surface area contributed by atoms with Gasteiger partial charge in [0.25, 0.3) is 0 Å². The molecule has 0 saturated carbocycles. The standard InChI is InChI=1S/C7H11N3OS/c1-2-5-10-4(3-12-5)6(8)7(9)11/h3,6H,2,8H2,1H3,(H2,9,11). The Kier molecular flexibility index (Phi) is 2.78. The van der Waals surface area contributed by atoms with E-state index in [0.29, 0.717) is 5.69 Å². The summed E-state index contributed by atoms with van der Waals surface area (Å²) in [7, 11) is 0. The van der Waals surface area contributed by atoms with E-state index in [1.165, 1.54) is 11.3 Å². The number of carbonyl (C=O) groups is 1. The molecule has 1 unspecified atom stereocenters. The number of aromatic nitrogens is 1. The van der Waals surface area contributed by atoms with Crippen molar-refractivity contribution in [3.8, 4) is 0 Å². The van der Waals surface area contributed by atoms with Gasteiger partial charge >= 0.3 is 0 Å². The molecule has 0 saturated heterocycles. The Balaban J connectivity index is 2.81. The van der Waals surface area contributed by atoms with Gasteiger partial charge in [0.1, 0.15) is 6.04 Å².